The first-order valence-corrected chi connectivity index (χ1v) is 14.1. The van der Waals surface area contributed by atoms with E-state index in [1.165, 1.54) is 6.42 Å². The Kier molecular flexibility index (Phi) is 8.35. The summed E-state index contributed by atoms with van der Waals surface area (Å²) in [5, 5.41) is 14.9. The van der Waals surface area contributed by atoms with Crippen LogP contribution in [-0.2, 0) is 0 Å². The summed E-state index contributed by atoms with van der Waals surface area (Å²) in [5.41, 5.74) is 6.28. The molecule has 3 aromatic rings. The maximum absolute atomic E-state index is 16.2. The molecule has 41 heavy (non-hydrogen) atoms. The molecule has 3 N–H and O–H groups in total. The fourth-order valence-corrected chi connectivity index (χ4v) is 5.23. The number of pyridine rings is 2. The number of likely N-dealkylation sites (N-methyl/N-ethyl adjacent to an activating group) is 1. The normalized spacial score (nSPS) is 17.2. The number of hydrogen-bond donors (Lipinski definition) is 3. The molecule has 3 aromatic heterocycles. The lowest BCUT2D eigenvalue weighted by Gasteiger charge is -2.35. The number of aromatic amines is 1. The van der Waals surface area contributed by atoms with Crippen LogP contribution >= 0.6 is 0 Å². The predicted octanol–water partition coefficient (Wildman–Crippen LogP) is 4.66. The molecule has 0 radical (unpaired) electrons. The van der Waals surface area contributed by atoms with Gasteiger partial charge in [-0.05, 0) is 51.3 Å². The van der Waals surface area contributed by atoms with Crippen molar-refractivity contribution in [2.75, 3.05) is 48.8 Å². The number of allylic oxidation sites excluding steroid dienone is 2. The van der Waals surface area contributed by atoms with E-state index in [2.05, 4.69) is 74.3 Å². The molecule has 4 heterocycles. The molecular weight excluding hydrogens is 515 g/mol. The van der Waals surface area contributed by atoms with E-state index in [1.54, 1.807) is 24.7 Å². The van der Waals surface area contributed by atoms with Gasteiger partial charge in [0.05, 0.1) is 51.9 Å². The molecule has 1 aliphatic carbocycles. The third kappa shape index (κ3) is 5.95. The Morgan fingerprint density at radius 3 is 2.46 bits per heavy atom. The lowest BCUT2D eigenvalue weighted by Crippen LogP contribution is -2.44. The van der Waals surface area contributed by atoms with Crippen LogP contribution in [0.2, 0.25) is 0 Å². The first-order chi connectivity index (χ1) is 19.8. The van der Waals surface area contributed by atoms with E-state index in [-0.39, 0.29) is 5.57 Å². The van der Waals surface area contributed by atoms with Crippen molar-refractivity contribution in [1.29, 1.82) is 0 Å². The molecule has 0 aromatic carbocycles. The van der Waals surface area contributed by atoms with E-state index in [0.29, 0.717) is 33.4 Å². The minimum atomic E-state index is -0.498. The Balaban J connectivity index is 1.42. The summed E-state index contributed by atoms with van der Waals surface area (Å²) < 4.78 is 16.2. The Morgan fingerprint density at radius 2 is 1.78 bits per heavy atom. The molecule has 0 atom stereocenters. The summed E-state index contributed by atoms with van der Waals surface area (Å²) in [6, 6.07) is 1.85. The molecule has 1 aliphatic heterocycles. The number of anilines is 3. The van der Waals surface area contributed by atoms with Gasteiger partial charge in [0.1, 0.15) is 11.5 Å². The third-order valence-electron chi connectivity index (χ3n) is 8.16. The molecule has 9 heteroatoms. The fraction of sp³-hybridized carbons (Fsp3) is 0.344. The molecule has 2 aliphatic rings. The zero-order chi connectivity index (χ0) is 29.1. The van der Waals surface area contributed by atoms with E-state index in [9.17, 15) is 0 Å². The minimum Gasteiger partial charge on any atom is -0.367 e. The first-order valence-electron chi connectivity index (χ1n) is 14.1. The smallest absolute Gasteiger partial charge is 0.142 e. The van der Waals surface area contributed by atoms with Gasteiger partial charge in [0.25, 0.3) is 0 Å². The zero-order valence-corrected chi connectivity index (χ0v) is 24.2. The summed E-state index contributed by atoms with van der Waals surface area (Å²) in [7, 11) is 2.13. The Labute approximate surface area is 241 Å². The summed E-state index contributed by atoms with van der Waals surface area (Å²) in [4.78, 5) is 13.5. The number of halogens is 1. The van der Waals surface area contributed by atoms with Crippen LogP contribution in [0.15, 0.2) is 56.3 Å². The first kappa shape index (κ1) is 28.3. The highest BCUT2D eigenvalue weighted by Gasteiger charge is 2.22. The van der Waals surface area contributed by atoms with E-state index in [1.807, 2.05) is 19.2 Å². The molecule has 0 unspecified atom stereocenters. The maximum atomic E-state index is 16.2. The number of nitrogens with one attached hydrogen (secondary N) is 3. The molecule has 0 bridgehead atoms. The average molecular weight is 555 g/mol. The van der Waals surface area contributed by atoms with Gasteiger partial charge in [-0.3, -0.25) is 15.1 Å². The monoisotopic (exact) mass is 554 g/mol. The number of piperazine rings is 1. The Bertz CT molecular complexity index is 1590. The molecule has 5 rings (SSSR count). The van der Waals surface area contributed by atoms with E-state index in [0.717, 1.165) is 67.3 Å². The van der Waals surface area contributed by atoms with Crippen molar-refractivity contribution in [3.05, 3.63) is 83.7 Å². The topological polar surface area (TPSA) is 85.0 Å². The molecule has 0 spiro atoms. The summed E-state index contributed by atoms with van der Waals surface area (Å²) in [5.74, 6) is -0.0245. The van der Waals surface area contributed by atoms with Gasteiger partial charge in [-0.1, -0.05) is 32.2 Å². The van der Waals surface area contributed by atoms with Crippen LogP contribution in [0.5, 0.6) is 0 Å². The van der Waals surface area contributed by atoms with E-state index in [4.69, 9.17) is 0 Å². The van der Waals surface area contributed by atoms with Crippen LogP contribution < -0.4 is 26.1 Å². The van der Waals surface area contributed by atoms with Crippen molar-refractivity contribution in [3.63, 3.8) is 0 Å². The summed E-state index contributed by atoms with van der Waals surface area (Å²) in [6.07, 6.45) is 12.3. The van der Waals surface area contributed by atoms with E-state index < -0.39 is 5.83 Å². The molecule has 0 amide bonds. The Morgan fingerprint density at radius 1 is 1.05 bits per heavy atom. The van der Waals surface area contributed by atoms with Crippen molar-refractivity contribution >= 4 is 40.2 Å². The molecule has 1 saturated carbocycles. The van der Waals surface area contributed by atoms with Crippen LogP contribution in [-0.4, -0.2) is 58.3 Å². The Hall–Kier alpha value is -4.24. The largest absolute Gasteiger partial charge is 0.367 e. The number of rotatable bonds is 9. The van der Waals surface area contributed by atoms with Crippen LogP contribution in [0, 0.1) is 12.8 Å². The highest BCUT2D eigenvalue weighted by Crippen LogP contribution is 2.33. The van der Waals surface area contributed by atoms with Crippen molar-refractivity contribution in [3.8, 4) is 0 Å². The van der Waals surface area contributed by atoms with Crippen molar-refractivity contribution in [2.24, 2.45) is 5.92 Å². The average Bonchev–Trinajstić information content (AvgIpc) is 3.37. The lowest BCUT2D eigenvalue weighted by molar-refractivity contribution is 0.312. The second kappa shape index (κ2) is 12.1. The van der Waals surface area contributed by atoms with Crippen molar-refractivity contribution in [2.45, 2.75) is 33.1 Å². The quantitative estimate of drug-likeness (QED) is 0.355. The van der Waals surface area contributed by atoms with Gasteiger partial charge in [0.15, 0.2) is 0 Å². The number of nitrogens with zero attached hydrogens (tertiary/aromatic N) is 5. The van der Waals surface area contributed by atoms with E-state index >= 15 is 4.39 Å². The summed E-state index contributed by atoms with van der Waals surface area (Å²) in [6.45, 7) is 20.2. The number of hydrogen-bond acceptors (Lipinski definition) is 7. The van der Waals surface area contributed by atoms with Gasteiger partial charge in [-0.15, -0.1) is 0 Å². The second-order valence-corrected chi connectivity index (χ2v) is 10.9. The van der Waals surface area contributed by atoms with Crippen LogP contribution in [0.4, 0.5) is 21.5 Å². The third-order valence-corrected chi connectivity index (χ3v) is 8.16. The molecule has 8 nitrogen and oxygen atoms in total. The second-order valence-electron chi connectivity index (χ2n) is 10.9. The number of H-pyrrole nitrogens is 1. The highest BCUT2D eigenvalue weighted by atomic mass is 19.1. The van der Waals surface area contributed by atoms with Gasteiger partial charge in [-0.2, -0.15) is 5.10 Å². The molecule has 2 fully saturated rings. The van der Waals surface area contributed by atoms with Crippen LogP contribution in [0.3, 0.4) is 0 Å². The zero-order valence-electron chi connectivity index (χ0n) is 24.2. The van der Waals surface area contributed by atoms with Crippen molar-refractivity contribution in [1.82, 2.24) is 25.1 Å². The standard InChI is InChI=1S/C32H39FN8/c1-7-27-30(31(33)20(2)25-15-26(17-34-16-25)36-22(4)24-9-8-10-24)32(39-38-27)23(5)37-28-18-35-19-29(21(28)3)41-13-11-40(6)12-14-41/h7,15-19,24,36-38H,2,4-5,8-14H2,1,3,6H3/b27-7+,31-30-. The highest BCUT2D eigenvalue weighted by molar-refractivity contribution is 5.94. The van der Waals surface area contributed by atoms with Gasteiger partial charge in [-0.25, -0.2) is 4.39 Å². The molecule has 1 saturated heterocycles. The van der Waals surface area contributed by atoms with Gasteiger partial charge >= 0.3 is 0 Å². The minimum absolute atomic E-state index is 0.212. The molecule has 214 valence electrons. The lowest BCUT2D eigenvalue weighted by atomic mass is 9.83. The van der Waals surface area contributed by atoms with Crippen LogP contribution in [0.1, 0.15) is 43.0 Å². The fourth-order valence-electron chi connectivity index (χ4n) is 5.23. The SMILES string of the molecule is C=C(/C(F)=c1/c(C(=C)Nc2cncc(N3CCN(C)CC3)c2C)n[nH]/c1=C/C)c1cncc(NC(=C)C2CCC2)c1. The van der Waals surface area contributed by atoms with Crippen LogP contribution in [0.25, 0.3) is 23.2 Å². The van der Waals surface area contributed by atoms with Crippen molar-refractivity contribution < 1.29 is 4.39 Å². The molecular formula is C32H39FN8. The summed E-state index contributed by atoms with van der Waals surface area (Å²) >= 11 is 0. The van der Waals surface area contributed by atoms with Gasteiger partial charge < -0.3 is 20.4 Å². The van der Waals surface area contributed by atoms with Gasteiger partial charge in [0, 0.05) is 49.2 Å². The van der Waals surface area contributed by atoms with Gasteiger partial charge in [0.2, 0.25) is 0 Å². The number of aromatic nitrogens is 4. The predicted molar refractivity (Wildman–Crippen MR) is 167 cm³/mol. The maximum Gasteiger partial charge on any atom is 0.142 e.